The third-order valence-electron chi connectivity index (χ3n) is 7.71. The molecule has 0 fully saturated rings. The molecule has 2 aliphatic carbocycles. The van der Waals surface area contributed by atoms with Gasteiger partial charge in [0.2, 0.25) is 5.91 Å². The van der Waals surface area contributed by atoms with E-state index in [1.54, 1.807) is 6.08 Å². The summed E-state index contributed by atoms with van der Waals surface area (Å²) in [4.78, 5) is 13.5. The number of hydrogen-bond donors (Lipinski definition) is 4. The summed E-state index contributed by atoms with van der Waals surface area (Å²) in [6.45, 7) is 6.53. The van der Waals surface area contributed by atoms with E-state index in [9.17, 15) is 9.90 Å². The Kier molecular flexibility index (Phi) is 9.37. The molecule has 2 aliphatic rings. The van der Waals surface area contributed by atoms with E-state index in [1.165, 1.54) is 11.1 Å². The lowest BCUT2D eigenvalue weighted by molar-refractivity contribution is -0.121. The number of halogens is 2. The summed E-state index contributed by atoms with van der Waals surface area (Å²) in [5.74, 6) is -0.610. The molecule has 5 N–H and O–H groups in total. The van der Waals surface area contributed by atoms with Gasteiger partial charge in [-0.25, -0.2) is 0 Å². The number of carbonyl (C=O) groups is 1. The van der Waals surface area contributed by atoms with Gasteiger partial charge >= 0.3 is 0 Å². The van der Waals surface area contributed by atoms with Gasteiger partial charge in [0.15, 0.2) is 6.23 Å². The van der Waals surface area contributed by atoms with Crippen LogP contribution in [0.1, 0.15) is 61.6 Å². The first-order valence-electron chi connectivity index (χ1n) is 13.3. The fourth-order valence-corrected chi connectivity index (χ4v) is 5.98. The third-order valence-corrected chi connectivity index (χ3v) is 8.69. The predicted molar refractivity (Wildman–Crippen MR) is 158 cm³/mol. The van der Waals surface area contributed by atoms with Crippen molar-refractivity contribution in [1.82, 2.24) is 5.32 Å². The van der Waals surface area contributed by atoms with Crippen molar-refractivity contribution in [2.24, 2.45) is 23.5 Å². The van der Waals surface area contributed by atoms with Gasteiger partial charge < -0.3 is 21.5 Å². The quantitative estimate of drug-likeness (QED) is 0.258. The Bertz CT molecular complexity index is 1280. The van der Waals surface area contributed by atoms with Gasteiger partial charge in [0.1, 0.15) is 0 Å². The summed E-state index contributed by atoms with van der Waals surface area (Å²) in [6.07, 6.45) is 6.17. The summed E-state index contributed by atoms with van der Waals surface area (Å²) >= 11 is 12.7. The lowest BCUT2D eigenvalue weighted by atomic mass is 9.77. The average molecular weight is 555 g/mol. The van der Waals surface area contributed by atoms with Crippen molar-refractivity contribution in [2.75, 3.05) is 11.9 Å². The van der Waals surface area contributed by atoms with Crippen molar-refractivity contribution >= 4 is 40.5 Å². The SMILES string of the molecule is CCC1=C(NC(O)c2cccc(C)c2)c2cc(NC(=O)C(CCN)C3C=CC(Cl)=C(Cl)C3C)ccc2CC1. The maximum absolute atomic E-state index is 13.5. The van der Waals surface area contributed by atoms with Crippen molar-refractivity contribution < 1.29 is 9.90 Å². The van der Waals surface area contributed by atoms with E-state index in [4.69, 9.17) is 28.9 Å². The Balaban J connectivity index is 1.59. The molecule has 1 amide bonds. The number of aliphatic hydroxyl groups excluding tert-OH is 1. The first-order chi connectivity index (χ1) is 18.2. The van der Waals surface area contributed by atoms with E-state index in [2.05, 4.69) is 23.6 Å². The molecule has 0 saturated carbocycles. The first-order valence-corrected chi connectivity index (χ1v) is 14.1. The molecule has 38 heavy (non-hydrogen) atoms. The first kappa shape index (κ1) is 28.4. The van der Waals surface area contributed by atoms with Crippen molar-refractivity contribution in [3.05, 3.63) is 92.5 Å². The normalized spacial score (nSPS) is 20.7. The van der Waals surface area contributed by atoms with Gasteiger partial charge in [0.05, 0.1) is 5.03 Å². The average Bonchev–Trinajstić information content (AvgIpc) is 2.91. The van der Waals surface area contributed by atoms with Crippen LogP contribution < -0.4 is 16.4 Å². The smallest absolute Gasteiger partial charge is 0.228 e. The second kappa shape index (κ2) is 12.5. The van der Waals surface area contributed by atoms with Crippen molar-refractivity contribution in [1.29, 1.82) is 0 Å². The Morgan fingerprint density at radius 1 is 1.18 bits per heavy atom. The fraction of sp³-hybridized carbons (Fsp3) is 0.387. The van der Waals surface area contributed by atoms with Gasteiger partial charge in [0.25, 0.3) is 0 Å². The summed E-state index contributed by atoms with van der Waals surface area (Å²) in [5.41, 5.74) is 12.9. The minimum absolute atomic E-state index is 0.0750. The van der Waals surface area contributed by atoms with Gasteiger partial charge in [-0.15, -0.1) is 0 Å². The van der Waals surface area contributed by atoms with Crippen LogP contribution in [0.25, 0.3) is 5.70 Å². The van der Waals surface area contributed by atoms with Crippen LogP contribution in [-0.2, 0) is 11.2 Å². The van der Waals surface area contributed by atoms with Crippen LogP contribution in [-0.4, -0.2) is 17.6 Å². The number of aryl methyl sites for hydroxylation is 2. The number of nitrogens with one attached hydrogen (secondary N) is 2. The van der Waals surface area contributed by atoms with Crippen LogP contribution in [0.5, 0.6) is 0 Å². The van der Waals surface area contributed by atoms with E-state index in [-0.39, 0.29) is 23.7 Å². The zero-order valence-corrected chi connectivity index (χ0v) is 23.7. The summed E-state index contributed by atoms with van der Waals surface area (Å²) in [6, 6.07) is 13.9. The lowest BCUT2D eigenvalue weighted by Gasteiger charge is -2.31. The number of benzene rings is 2. The molecule has 0 saturated heterocycles. The number of aliphatic hydroxyl groups is 1. The maximum Gasteiger partial charge on any atom is 0.228 e. The van der Waals surface area contributed by atoms with Crippen molar-refractivity contribution in [2.45, 2.75) is 52.7 Å². The zero-order chi connectivity index (χ0) is 27.4. The predicted octanol–water partition coefficient (Wildman–Crippen LogP) is 6.76. The lowest BCUT2D eigenvalue weighted by Crippen LogP contribution is -2.34. The molecule has 202 valence electrons. The Morgan fingerprint density at radius 3 is 2.68 bits per heavy atom. The molecule has 0 spiro atoms. The van der Waals surface area contributed by atoms with E-state index in [0.29, 0.717) is 28.7 Å². The molecule has 0 heterocycles. The van der Waals surface area contributed by atoms with E-state index in [1.807, 2.05) is 56.3 Å². The van der Waals surface area contributed by atoms with E-state index >= 15 is 0 Å². The minimum Gasteiger partial charge on any atom is -0.369 e. The highest BCUT2D eigenvalue weighted by atomic mass is 35.5. The van der Waals surface area contributed by atoms with Crippen LogP contribution in [0, 0.1) is 24.7 Å². The number of hydrogen-bond acceptors (Lipinski definition) is 4. The van der Waals surface area contributed by atoms with Gasteiger partial charge in [-0.2, -0.15) is 0 Å². The van der Waals surface area contributed by atoms with Crippen molar-refractivity contribution in [3.63, 3.8) is 0 Å². The number of allylic oxidation sites excluding steroid dienone is 5. The molecular weight excluding hydrogens is 517 g/mol. The van der Waals surface area contributed by atoms with Gasteiger partial charge in [-0.1, -0.05) is 79.0 Å². The highest BCUT2D eigenvalue weighted by molar-refractivity contribution is 6.40. The van der Waals surface area contributed by atoms with Gasteiger partial charge in [0, 0.05) is 39.4 Å². The van der Waals surface area contributed by atoms with Crippen molar-refractivity contribution in [3.8, 4) is 0 Å². The number of nitrogens with two attached hydrogens (primary N) is 1. The minimum atomic E-state index is -0.839. The molecule has 7 heteroatoms. The highest BCUT2D eigenvalue weighted by Crippen LogP contribution is 2.40. The highest BCUT2D eigenvalue weighted by Gasteiger charge is 2.34. The Labute approximate surface area is 235 Å². The molecule has 4 atom stereocenters. The standard InChI is InChI=1S/C31H37Cl2N3O2/c1-4-20-8-9-21-10-11-23(17-26(21)29(20)36-30(37)22-7-5-6-18(2)16-22)35-31(38)25(14-15-34)24-12-13-27(32)28(33)19(24)3/h5-7,10-13,16-17,19,24-25,30,36-37H,4,8-9,14-15,34H2,1-3H3,(H,35,38). The van der Waals surface area contributed by atoms with E-state index in [0.717, 1.165) is 41.6 Å². The van der Waals surface area contributed by atoms with E-state index < -0.39 is 6.23 Å². The molecule has 4 unspecified atom stereocenters. The van der Waals surface area contributed by atoms with Crippen LogP contribution in [0.2, 0.25) is 0 Å². The molecule has 2 aromatic carbocycles. The third kappa shape index (κ3) is 6.18. The van der Waals surface area contributed by atoms with Crippen LogP contribution in [0.15, 0.2) is 70.3 Å². The topological polar surface area (TPSA) is 87.4 Å². The van der Waals surface area contributed by atoms with Gasteiger partial charge in [-0.05, 0) is 74.4 Å². The largest absolute Gasteiger partial charge is 0.369 e. The number of fused-ring (bicyclic) bond motifs is 1. The second-order valence-electron chi connectivity index (χ2n) is 10.3. The zero-order valence-electron chi connectivity index (χ0n) is 22.2. The number of rotatable bonds is 9. The van der Waals surface area contributed by atoms with Gasteiger partial charge in [-0.3, -0.25) is 4.79 Å². The second-order valence-corrected chi connectivity index (χ2v) is 11.1. The summed E-state index contributed by atoms with van der Waals surface area (Å²) in [7, 11) is 0. The van der Waals surface area contributed by atoms with Crippen LogP contribution in [0.3, 0.4) is 0 Å². The molecule has 2 aromatic rings. The maximum atomic E-state index is 13.5. The Hall–Kier alpha value is -2.57. The molecule has 0 radical (unpaired) electrons. The van der Waals surface area contributed by atoms with Crippen LogP contribution >= 0.6 is 23.2 Å². The molecule has 4 rings (SSSR count). The van der Waals surface area contributed by atoms with Crippen LogP contribution in [0.4, 0.5) is 5.69 Å². The Morgan fingerprint density at radius 2 is 1.97 bits per heavy atom. The number of amides is 1. The summed E-state index contributed by atoms with van der Waals surface area (Å²) < 4.78 is 0. The molecular formula is C31H37Cl2N3O2. The monoisotopic (exact) mass is 553 g/mol. The molecule has 0 bridgehead atoms. The summed E-state index contributed by atoms with van der Waals surface area (Å²) in [5, 5.41) is 18.6. The molecule has 5 nitrogen and oxygen atoms in total. The molecule has 0 aliphatic heterocycles. The fourth-order valence-electron chi connectivity index (χ4n) is 5.52. The number of carbonyl (C=O) groups excluding carboxylic acids is 1. The number of anilines is 1. The molecule has 0 aromatic heterocycles.